The molecule has 3 nitrogen and oxygen atoms in total. The van der Waals surface area contributed by atoms with Crippen LogP contribution in [0.3, 0.4) is 0 Å². The van der Waals surface area contributed by atoms with Crippen LogP contribution in [-0.4, -0.2) is 48.7 Å². The average molecular weight is 224 g/mol. The number of rotatable bonds is 7. The number of nitrogens with two attached hydrogens (primary N) is 1. The lowest BCUT2D eigenvalue weighted by Crippen LogP contribution is -2.50. The standard InChI is InChI=1S/C10H22F2N2O/c1-7(2)4-8(13)9(6-15)14(3)5-10(11)12/h7-10,15H,4-6,13H2,1-3H3. The van der Waals surface area contributed by atoms with E-state index >= 15 is 0 Å². The zero-order chi connectivity index (χ0) is 12.0. The quantitative estimate of drug-likeness (QED) is 0.676. The molecule has 0 aromatic carbocycles. The topological polar surface area (TPSA) is 49.5 Å². The Morgan fingerprint density at radius 3 is 2.20 bits per heavy atom. The van der Waals surface area contributed by atoms with E-state index in [9.17, 15) is 8.78 Å². The molecule has 0 bridgehead atoms. The molecule has 0 rings (SSSR count). The van der Waals surface area contributed by atoms with Gasteiger partial charge in [0.05, 0.1) is 13.2 Å². The predicted molar refractivity (Wildman–Crippen MR) is 56.9 cm³/mol. The molecule has 0 amide bonds. The maximum Gasteiger partial charge on any atom is 0.251 e. The first-order valence-corrected chi connectivity index (χ1v) is 5.23. The minimum Gasteiger partial charge on any atom is -0.395 e. The van der Waals surface area contributed by atoms with Crippen LogP contribution in [0.1, 0.15) is 20.3 Å². The fourth-order valence-electron chi connectivity index (χ4n) is 1.66. The minimum atomic E-state index is -2.39. The Bertz CT molecular complexity index is 152. The molecular formula is C10H22F2N2O. The van der Waals surface area contributed by atoms with Gasteiger partial charge in [-0.2, -0.15) is 0 Å². The summed E-state index contributed by atoms with van der Waals surface area (Å²) in [7, 11) is 1.56. The number of alkyl halides is 2. The van der Waals surface area contributed by atoms with Gasteiger partial charge in [0, 0.05) is 12.1 Å². The van der Waals surface area contributed by atoms with Crippen LogP contribution in [0.5, 0.6) is 0 Å². The third-order valence-electron chi connectivity index (χ3n) is 2.42. The Hall–Kier alpha value is -0.260. The summed E-state index contributed by atoms with van der Waals surface area (Å²) >= 11 is 0. The second kappa shape index (κ2) is 7.09. The van der Waals surface area contributed by atoms with E-state index in [4.69, 9.17) is 10.8 Å². The maximum atomic E-state index is 12.1. The van der Waals surface area contributed by atoms with Crippen molar-refractivity contribution in [2.45, 2.75) is 38.8 Å². The minimum absolute atomic E-state index is 0.183. The average Bonchev–Trinajstić information content (AvgIpc) is 2.01. The summed E-state index contributed by atoms with van der Waals surface area (Å²) < 4.78 is 24.3. The van der Waals surface area contributed by atoms with Crippen LogP contribution in [0.15, 0.2) is 0 Å². The van der Waals surface area contributed by atoms with Crippen molar-refractivity contribution in [3.05, 3.63) is 0 Å². The fraction of sp³-hybridized carbons (Fsp3) is 1.00. The Morgan fingerprint density at radius 2 is 1.87 bits per heavy atom. The van der Waals surface area contributed by atoms with E-state index in [0.717, 1.165) is 6.42 Å². The highest BCUT2D eigenvalue weighted by molar-refractivity contribution is 4.81. The molecule has 0 aliphatic heterocycles. The van der Waals surface area contributed by atoms with Crippen LogP contribution in [0, 0.1) is 5.92 Å². The Kier molecular flexibility index (Phi) is 6.96. The number of aliphatic hydroxyl groups is 1. The predicted octanol–water partition coefficient (Wildman–Crippen LogP) is 0.918. The smallest absolute Gasteiger partial charge is 0.251 e. The lowest BCUT2D eigenvalue weighted by molar-refractivity contribution is 0.0509. The second-order valence-corrected chi connectivity index (χ2v) is 4.37. The van der Waals surface area contributed by atoms with Gasteiger partial charge in [0.2, 0.25) is 0 Å². The molecule has 2 unspecified atom stereocenters. The molecule has 0 heterocycles. The third-order valence-corrected chi connectivity index (χ3v) is 2.42. The van der Waals surface area contributed by atoms with Gasteiger partial charge in [0.25, 0.3) is 6.43 Å². The number of halogens is 2. The number of nitrogens with zero attached hydrogens (tertiary/aromatic N) is 1. The highest BCUT2D eigenvalue weighted by Crippen LogP contribution is 2.11. The summed E-state index contributed by atoms with van der Waals surface area (Å²) in [5.74, 6) is 0.397. The van der Waals surface area contributed by atoms with Crippen LogP contribution in [0.4, 0.5) is 8.78 Å². The summed E-state index contributed by atoms with van der Waals surface area (Å²) in [6, 6.07) is -0.653. The van der Waals surface area contributed by atoms with Crippen LogP contribution in [0.25, 0.3) is 0 Å². The van der Waals surface area contributed by atoms with Crippen molar-refractivity contribution in [2.75, 3.05) is 20.2 Å². The van der Waals surface area contributed by atoms with Gasteiger partial charge in [0.1, 0.15) is 0 Å². The molecular weight excluding hydrogens is 202 g/mol. The molecule has 0 aliphatic rings. The molecule has 0 aliphatic carbocycles. The van der Waals surface area contributed by atoms with Gasteiger partial charge < -0.3 is 10.8 Å². The summed E-state index contributed by atoms with van der Waals surface area (Å²) in [5.41, 5.74) is 5.86. The van der Waals surface area contributed by atoms with Gasteiger partial charge in [-0.15, -0.1) is 0 Å². The van der Waals surface area contributed by atoms with Gasteiger partial charge in [-0.25, -0.2) is 8.78 Å². The van der Waals surface area contributed by atoms with Crippen molar-refractivity contribution in [3.63, 3.8) is 0 Å². The van der Waals surface area contributed by atoms with E-state index in [0.29, 0.717) is 5.92 Å². The fourth-order valence-corrected chi connectivity index (χ4v) is 1.66. The number of likely N-dealkylation sites (N-methyl/N-ethyl adjacent to an activating group) is 1. The van der Waals surface area contributed by atoms with Crippen molar-refractivity contribution in [2.24, 2.45) is 11.7 Å². The monoisotopic (exact) mass is 224 g/mol. The van der Waals surface area contributed by atoms with Crippen LogP contribution < -0.4 is 5.73 Å². The van der Waals surface area contributed by atoms with Crippen molar-refractivity contribution in [1.82, 2.24) is 4.90 Å². The second-order valence-electron chi connectivity index (χ2n) is 4.37. The largest absolute Gasteiger partial charge is 0.395 e. The van der Waals surface area contributed by atoms with Gasteiger partial charge in [-0.1, -0.05) is 13.8 Å². The molecule has 0 aromatic rings. The van der Waals surface area contributed by atoms with E-state index in [1.807, 2.05) is 13.8 Å². The molecule has 92 valence electrons. The van der Waals surface area contributed by atoms with Crippen LogP contribution >= 0.6 is 0 Å². The van der Waals surface area contributed by atoms with Crippen LogP contribution in [0.2, 0.25) is 0 Å². The summed E-state index contributed by atoms with van der Waals surface area (Å²) in [4.78, 5) is 1.43. The summed E-state index contributed by atoms with van der Waals surface area (Å²) in [6.07, 6.45) is -1.67. The molecule has 2 atom stereocenters. The Morgan fingerprint density at radius 1 is 1.33 bits per heavy atom. The highest BCUT2D eigenvalue weighted by atomic mass is 19.3. The van der Waals surface area contributed by atoms with Crippen LogP contribution in [-0.2, 0) is 0 Å². The molecule has 3 N–H and O–H groups in total. The Balaban J connectivity index is 4.20. The lowest BCUT2D eigenvalue weighted by Gasteiger charge is -2.31. The number of hydrogen-bond donors (Lipinski definition) is 2. The molecule has 0 radical (unpaired) electrons. The van der Waals surface area contributed by atoms with E-state index in [1.54, 1.807) is 7.05 Å². The molecule has 0 aromatic heterocycles. The summed E-state index contributed by atoms with van der Waals surface area (Å²) in [5, 5.41) is 9.13. The van der Waals surface area contributed by atoms with Gasteiger partial charge in [0.15, 0.2) is 0 Å². The molecule has 0 saturated carbocycles. The zero-order valence-electron chi connectivity index (χ0n) is 9.66. The zero-order valence-corrected chi connectivity index (χ0v) is 9.66. The first-order valence-electron chi connectivity index (χ1n) is 5.23. The normalized spacial score (nSPS) is 16.4. The van der Waals surface area contributed by atoms with Gasteiger partial charge >= 0.3 is 0 Å². The third kappa shape index (κ3) is 6.02. The SMILES string of the molecule is CC(C)CC(N)C(CO)N(C)CC(F)F. The van der Waals surface area contributed by atoms with Gasteiger partial charge in [-0.05, 0) is 19.4 Å². The molecule has 5 heteroatoms. The van der Waals surface area contributed by atoms with E-state index < -0.39 is 6.43 Å². The van der Waals surface area contributed by atoms with Crippen molar-refractivity contribution in [1.29, 1.82) is 0 Å². The number of hydrogen-bond acceptors (Lipinski definition) is 3. The maximum absolute atomic E-state index is 12.1. The first-order chi connectivity index (χ1) is 6.88. The van der Waals surface area contributed by atoms with E-state index in [1.165, 1.54) is 4.90 Å². The molecule has 0 saturated heterocycles. The first kappa shape index (κ1) is 14.7. The van der Waals surface area contributed by atoms with Crippen molar-refractivity contribution >= 4 is 0 Å². The van der Waals surface area contributed by atoms with Crippen molar-refractivity contribution in [3.8, 4) is 0 Å². The summed E-state index contributed by atoms with van der Waals surface area (Å²) in [6.45, 7) is 3.50. The van der Waals surface area contributed by atoms with E-state index in [-0.39, 0.29) is 25.2 Å². The molecule has 0 spiro atoms. The molecule has 15 heavy (non-hydrogen) atoms. The van der Waals surface area contributed by atoms with Crippen molar-refractivity contribution < 1.29 is 13.9 Å². The van der Waals surface area contributed by atoms with Gasteiger partial charge in [-0.3, -0.25) is 4.90 Å². The highest BCUT2D eigenvalue weighted by Gasteiger charge is 2.24. The van der Waals surface area contributed by atoms with E-state index in [2.05, 4.69) is 0 Å². The number of aliphatic hydroxyl groups excluding tert-OH is 1. The Labute approximate surface area is 90.2 Å². The lowest BCUT2D eigenvalue weighted by atomic mass is 9.98. The molecule has 0 fully saturated rings.